The predicted octanol–water partition coefficient (Wildman–Crippen LogP) is 2.93. The summed E-state index contributed by atoms with van der Waals surface area (Å²) in [5.41, 5.74) is 3.05. The maximum Gasteiger partial charge on any atom is 0.260 e. The number of nitrogens with zero attached hydrogens (tertiary/aromatic N) is 2. The number of ether oxygens (including phenoxy) is 1. The van der Waals surface area contributed by atoms with Crippen molar-refractivity contribution in [1.82, 2.24) is 9.80 Å². The normalized spacial score (nSPS) is 14.1. The number of carbonyl (C=O) groups is 3. The highest BCUT2D eigenvalue weighted by Crippen LogP contribution is 2.16. The monoisotopic (exact) mass is 451 g/mol. The number of ketones is 1. The molecule has 1 saturated heterocycles. The smallest absolute Gasteiger partial charge is 0.260 e. The van der Waals surface area contributed by atoms with Crippen molar-refractivity contribution in [3.8, 4) is 5.75 Å². The average molecular weight is 452 g/mol. The van der Waals surface area contributed by atoms with Gasteiger partial charge in [0.15, 0.2) is 6.61 Å². The van der Waals surface area contributed by atoms with Gasteiger partial charge in [-0.25, -0.2) is 0 Å². The highest BCUT2D eigenvalue weighted by molar-refractivity contribution is 5.93. The summed E-state index contributed by atoms with van der Waals surface area (Å²) in [5.74, 6) is 0.712. The van der Waals surface area contributed by atoms with Crippen LogP contribution >= 0.6 is 0 Å². The van der Waals surface area contributed by atoms with E-state index in [9.17, 15) is 14.4 Å². The third-order valence-electron chi connectivity index (χ3n) is 5.82. The number of amides is 2. The lowest BCUT2D eigenvalue weighted by Crippen LogP contribution is -2.51. The van der Waals surface area contributed by atoms with Gasteiger partial charge < -0.3 is 19.7 Å². The van der Waals surface area contributed by atoms with Crippen LogP contribution in [-0.4, -0.2) is 66.7 Å². The van der Waals surface area contributed by atoms with E-state index in [0.29, 0.717) is 51.3 Å². The van der Waals surface area contributed by atoms with Crippen LogP contribution in [0.3, 0.4) is 0 Å². The molecule has 1 fully saturated rings. The van der Waals surface area contributed by atoms with Crippen molar-refractivity contribution >= 4 is 23.3 Å². The number of para-hydroxylation sites is 1. The summed E-state index contributed by atoms with van der Waals surface area (Å²) in [6, 6.07) is 15.3. The van der Waals surface area contributed by atoms with Crippen LogP contribution in [0.2, 0.25) is 0 Å². The molecule has 0 bridgehead atoms. The SMILES string of the molecule is CCc1ccccc1NC(=O)CN1CCN(C(=O)COc2ccc(CCC(C)=O)cc2)CC1. The molecule has 1 heterocycles. The molecule has 7 heteroatoms. The third-order valence-corrected chi connectivity index (χ3v) is 5.82. The second-order valence-electron chi connectivity index (χ2n) is 8.35. The fourth-order valence-corrected chi connectivity index (χ4v) is 3.81. The Morgan fingerprint density at radius 2 is 1.67 bits per heavy atom. The highest BCUT2D eigenvalue weighted by Gasteiger charge is 2.23. The van der Waals surface area contributed by atoms with Crippen LogP contribution in [0.4, 0.5) is 5.69 Å². The lowest BCUT2D eigenvalue weighted by Gasteiger charge is -2.34. The molecule has 1 N–H and O–H groups in total. The molecule has 2 amide bonds. The molecular formula is C26H33N3O4. The number of benzene rings is 2. The largest absolute Gasteiger partial charge is 0.484 e. The van der Waals surface area contributed by atoms with Crippen LogP contribution < -0.4 is 10.1 Å². The topological polar surface area (TPSA) is 79.0 Å². The average Bonchev–Trinajstić information content (AvgIpc) is 2.82. The summed E-state index contributed by atoms with van der Waals surface area (Å²) < 4.78 is 5.65. The first-order valence-corrected chi connectivity index (χ1v) is 11.5. The van der Waals surface area contributed by atoms with Gasteiger partial charge in [-0.05, 0) is 49.1 Å². The molecule has 176 valence electrons. The molecule has 0 saturated carbocycles. The van der Waals surface area contributed by atoms with Gasteiger partial charge >= 0.3 is 0 Å². The second kappa shape index (κ2) is 12.2. The van der Waals surface area contributed by atoms with Crippen LogP contribution in [0.5, 0.6) is 5.75 Å². The van der Waals surface area contributed by atoms with Crippen LogP contribution in [0.15, 0.2) is 48.5 Å². The number of piperazine rings is 1. The Kier molecular flexibility index (Phi) is 9.01. The standard InChI is InChI=1S/C26H33N3O4/c1-3-22-6-4-5-7-24(22)27-25(31)18-28-14-16-29(17-15-28)26(32)19-33-23-12-10-21(11-13-23)9-8-20(2)30/h4-7,10-13H,3,8-9,14-19H2,1-2H3,(H,27,31). The zero-order chi connectivity index (χ0) is 23.6. The van der Waals surface area contributed by atoms with Crippen molar-refractivity contribution in [2.45, 2.75) is 33.1 Å². The van der Waals surface area contributed by atoms with E-state index < -0.39 is 0 Å². The molecule has 0 unspecified atom stereocenters. The number of anilines is 1. The second-order valence-corrected chi connectivity index (χ2v) is 8.35. The van der Waals surface area contributed by atoms with Gasteiger partial charge in [0.1, 0.15) is 11.5 Å². The fourth-order valence-electron chi connectivity index (χ4n) is 3.81. The Balaban J connectivity index is 1.38. The van der Waals surface area contributed by atoms with Gasteiger partial charge in [0.05, 0.1) is 6.54 Å². The first-order valence-electron chi connectivity index (χ1n) is 11.5. The minimum absolute atomic E-state index is 0.0128. The van der Waals surface area contributed by atoms with E-state index in [1.165, 1.54) is 0 Å². The summed E-state index contributed by atoms with van der Waals surface area (Å²) in [6.45, 7) is 6.41. The highest BCUT2D eigenvalue weighted by atomic mass is 16.5. The lowest BCUT2D eigenvalue weighted by molar-refractivity contribution is -0.135. The van der Waals surface area contributed by atoms with Crippen molar-refractivity contribution in [3.63, 3.8) is 0 Å². The third kappa shape index (κ3) is 7.71. The van der Waals surface area contributed by atoms with Crippen molar-refractivity contribution in [1.29, 1.82) is 0 Å². The van der Waals surface area contributed by atoms with Gasteiger partial charge in [-0.15, -0.1) is 0 Å². The maximum atomic E-state index is 12.5. The van der Waals surface area contributed by atoms with Gasteiger partial charge in [-0.1, -0.05) is 37.3 Å². The first-order chi connectivity index (χ1) is 15.9. The Hall–Kier alpha value is -3.19. The zero-order valence-corrected chi connectivity index (χ0v) is 19.5. The number of rotatable bonds is 10. The number of aryl methyl sites for hydroxylation is 2. The van der Waals surface area contributed by atoms with Crippen LogP contribution in [-0.2, 0) is 27.2 Å². The quantitative estimate of drug-likeness (QED) is 0.601. The van der Waals surface area contributed by atoms with E-state index in [2.05, 4.69) is 17.1 Å². The number of carbonyl (C=O) groups excluding carboxylic acids is 3. The molecule has 1 aliphatic rings. The first kappa shape index (κ1) is 24.5. The number of hydrogen-bond donors (Lipinski definition) is 1. The molecule has 33 heavy (non-hydrogen) atoms. The van der Waals surface area contributed by atoms with Gasteiger partial charge in [0.2, 0.25) is 5.91 Å². The van der Waals surface area contributed by atoms with Gasteiger partial charge in [0, 0.05) is 38.3 Å². The molecule has 1 aliphatic heterocycles. The van der Waals surface area contributed by atoms with Crippen molar-refractivity contribution in [3.05, 3.63) is 59.7 Å². The fraction of sp³-hybridized carbons (Fsp3) is 0.423. The minimum atomic E-state index is -0.0587. The zero-order valence-electron chi connectivity index (χ0n) is 19.5. The van der Waals surface area contributed by atoms with E-state index >= 15 is 0 Å². The molecule has 0 spiro atoms. The molecule has 0 aliphatic carbocycles. The molecule has 0 atom stereocenters. The van der Waals surface area contributed by atoms with E-state index in [0.717, 1.165) is 23.2 Å². The minimum Gasteiger partial charge on any atom is -0.484 e. The predicted molar refractivity (Wildman–Crippen MR) is 128 cm³/mol. The molecular weight excluding hydrogens is 418 g/mol. The maximum absolute atomic E-state index is 12.5. The van der Waals surface area contributed by atoms with Crippen molar-refractivity contribution in [2.24, 2.45) is 0 Å². The molecule has 0 radical (unpaired) electrons. The number of hydrogen-bond acceptors (Lipinski definition) is 5. The van der Waals surface area contributed by atoms with Gasteiger partial charge in [-0.2, -0.15) is 0 Å². The number of Topliss-reactive ketones (excluding diaryl/α,β-unsaturated/α-hetero) is 1. The van der Waals surface area contributed by atoms with Crippen LogP contribution in [0, 0.1) is 0 Å². The van der Waals surface area contributed by atoms with Gasteiger partial charge in [-0.3, -0.25) is 14.5 Å². The molecule has 3 rings (SSSR count). The van der Waals surface area contributed by atoms with Crippen LogP contribution in [0.1, 0.15) is 31.4 Å². The lowest BCUT2D eigenvalue weighted by atomic mass is 10.1. The molecule has 7 nitrogen and oxygen atoms in total. The molecule has 2 aromatic rings. The Bertz CT molecular complexity index is 950. The Labute approximate surface area is 195 Å². The number of nitrogens with one attached hydrogen (secondary N) is 1. The summed E-state index contributed by atoms with van der Waals surface area (Å²) in [7, 11) is 0. The van der Waals surface area contributed by atoms with Gasteiger partial charge in [0.25, 0.3) is 5.91 Å². The van der Waals surface area contributed by atoms with Crippen molar-refractivity contribution < 1.29 is 19.1 Å². The van der Waals surface area contributed by atoms with E-state index in [-0.39, 0.29) is 24.2 Å². The Morgan fingerprint density at radius 1 is 0.970 bits per heavy atom. The van der Waals surface area contributed by atoms with E-state index in [4.69, 9.17) is 4.74 Å². The summed E-state index contributed by atoms with van der Waals surface area (Å²) in [5, 5.41) is 3.00. The molecule has 2 aromatic carbocycles. The van der Waals surface area contributed by atoms with E-state index in [1.807, 2.05) is 48.5 Å². The van der Waals surface area contributed by atoms with Crippen LogP contribution in [0.25, 0.3) is 0 Å². The molecule has 0 aromatic heterocycles. The summed E-state index contributed by atoms with van der Waals surface area (Å²) >= 11 is 0. The summed E-state index contributed by atoms with van der Waals surface area (Å²) in [4.78, 5) is 39.9. The van der Waals surface area contributed by atoms with Crippen molar-refractivity contribution in [2.75, 3.05) is 44.6 Å². The summed E-state index contributed by atoms with van der Waals surface area (Å²) in [6.07, 6.45) is 2.10. The van der Waals surface area contributed by atoms with E-state index in [1.54, 1.807) is 11.8 Å². The Morgan fingerprint density at radius 3 is 2.33 bits per heavy atom.